The maximum Gasteiger partial charge on any atom is 0.172 e. The quantitative estimate of drug-likeness (QED) is 0.673. The molecule has 3 rings (SSSR count). The van der Waals surface area contributed by atoms with E-state index in [1.54, 1.807) is 0 Å². The summed E-state index contributed by atoms with van der Waals surface area (Å²) in [5, 5.41) is 13.3. The number of aryl methyl sites for hydroxylation is 1. The van der Waals surface area contributed by atoms with E-state index in [1.165, 1.54) is 9.13 Å². The van der Waals surface area contributed by atoms with E-state index in [0.29, 0.717) is 5.76 Å². The Kier molecular flexibility index (Phi) is 4.07. The van der Waals surface area contributed by atoms with Gasteiger partial charge in [0.25, 0.3) is 0 Å². The second-order valence-electron chi connectivity index (χ2n) is 4.82. The Morgan fingerprint density at radius 1 is 0.952 bits per heavy atom. The lowest BCUT2D eigenvalue weighted by molar-refractivity contribution is 0.281. The molecule has 0 atom stereocenters. The van der Waals surface area contributed by atoms with E-state index < -0.39 is 0 Å². The third-order valence-corrected chi connectivity index (χ3v) is 4.19. The standard InChI is InChI=1S/C17H14INO2/c1-11-16(10-20)17(21-19-11)14-4-2-12(3-5-14)13-6-8-15(18)9-7-13/h2-9,20H,10H2,1H3. The molecule has 1 N–H and O–H groups in total. The molecule has 0 aliphatic carbocycles. The second-order valence-corrected chi connectivity index (χ2v) is 6.06. The van der Waals surface area contributed by atoms with Crippen molar-refractivity contribution < 1.29 is 9.63 Å². The van der Waals surface area contributed by atoms with Gasteiger partial charge in [-0.2, -0.15) is 0 Å². The molecule has 0 saturated carbocycles. The van der Waals surface area contributed by atoms with Gasteiger partial charge < -0.3 is 9.63 Å². The smallest absolute Gasteiger partial charge is 0.172 e. The maximum absolute atomic E-state index is 9.41. The Bertz CT molecular complexity index is 745. The van der Waals surface area contributed by atoms with Gasteiger partial charge in [-0.25, -0.2) is 0 Å². The van der Waals surface area contributed by atoms with Crippen LogP contribution in [-0.4, -0.2) is 10.3 Å². The Hall–Kier alpha value is -1.66. The third kappa shape index (κ3) is 2.87. The molecule has 3 nitrogen and oxygen atoms in total. The van der Waals surface area contributed by atoms with Crippen LogP contribution in [0.1, 0.15) is 11.3 Å². The van der Waals surface area contributed by atoms with Crippen LogP contribution in [0.4, 0.5) is 0 Å². The molecule has 1 heterocycles. The average Bonchev–Trinajstić information content (AvgIpc) is 2.89. The molecule has 0 aliphatic rings. The predicted octanol–water partition coefficient (Wildman–Crippen LogP) is 4.41. The molecule has 0 radical (unpaired) electrons. The van der Waals surface area contributed by atoms with E-state index in [2.05, 4.69) is 64.1 Å². The Balaban J connectivity index is 1.95. The lowest BCUT2D eigenvalue weighted by Gasteiger charge is -2.04. The largest absolute Gasteiger partial charge is 0.391 e. The van der Waals surface area contributed by atoms with Crippen LogP contribution in [0.25, 0.3) is 22.5 Å². The summed E-state index contributed by atoms with van der Waals surface area (Å²) in [7, 11) is 0. The molecule has 0 fully saturated rings. The molecule has 3 aromatic rings. The first-order chi connectivity index (χ1) is 10.2. The molecular formula is C17H14INO2. The minimum atomic E-state index is -0.0659. The highest BCUT2D eigenvalue weighted by Gasteiger charge is 2.13. The van der Waals surface area contributed by atoms with E-state index in [-0.39, 0.29) is 6.61 Å². The minimum absolute atomic E-state index is 0.0659. The minimum Gasteiger partial charge on any atom is -0.391 e. The van der Waals surface area contributed by atoms with E-state index in [4.69, 9.17) is 4.52 Å². The van der Waals surface area contributed by atoms with E-state index in [9.17, 15) is 5.11 Å². The van der Waals surface area contributed by atoms with Gasteiger partial charge in [0.15, 0.2) is 5.76 Å². The summed E-state index contributed by atoms with van der Waals surface area (Å²) in [5.74, 6) is 0.643. The summed E-state index contributed by atoms with van der Waals surface area (Å²) in [6.45, 7) is 1.77. The van der Waals surface area contributed by atoms with Crippen molar-refractivity contribution in [2.75, 3.05) is 0 Å². The highest BCUT2D eigenvalue weighted by molar-refractivity contribution is 14.1. The van der Waals surface area contributed by atoms with Crippen LogP contribution in [-0.2, 0) is 6.61 Å². The summed E-state index contributed by atoms with van der Waals surface area (Å²) >= 11 is 2.30. The number of halogens is 1. The first-order valence-corrected chi connectivity index (χ1v) is 7.69. The lowest BCUT2D eigenvalue weighted by Crippen LogP contribution is -1.87. The Labute approximate surface area is 136 Å². The molecule has 4 heteroatoms. The van der Waals surface area contributed by atoms with Crippen LogP contribution < -0.4 is 0 Å². The van der Waals surface area contributed by atoms with Crippen molar-refractivity contribution in [3.63, 3.8) is 0 Å². The van der Waals surface area contributed by atoms with Gasteiger partial charge in [0, 0.05) is 14.7 Å². The van der Waals surface area contributed by atoms with Crippen LogP contribution in [0.3, 0.4) is 0 Å². The SMILES string of the molecule is Cc1noc(-c2ccc(-c3ccc(I)cc3)cc2)c1CO. The summed E-state index contributed by atoms with van der Waals surface area (Å²) in [6.07, 6.45) is 0. The van der Waals surface area contributed by atoms with Crippen molar-refractivity contribution in [1.29, 1.82) is 0 Å². The predicted molar refractivity (Wildman–Crippen MR) is 90.8 cm³/mol. The number of hydrogen-bond acceptors (Lipinski definition) is 3. The number of aliphatic hydroxyl groups is 1. The van der Waals surface area contributed by atoms with E-state index >= 15 is 0 Å². The fourth-order valence-electron chi connectivity index (χ4n) is 2.26. The van der Waals surface area contributed by atoms with Gasteiger partial charge in [0.1, 0.15) is 0 Å². The maximum atomic E-state index is 9.41. The molecular weight excluding hydrogens is 377 g/mol. The summed E-state index contributed by atoms with van der Waals surface area (Å²) in [5.41, 5.74) is 4.73. The number of aliphatic hydroxyl groups excluding tert-OH is 1. The zero-order chi connectivity index (χ0) is 14.8. The first kappa shape index (κ1) is 14.3. The Morgan fingerprint density at radius 3 is 2.05 bits per heavy atom. The topological polar surface area (TPSA) is 46.3 Å². The van der Waals surface area contributed by atoms with Gasteiger partial charge in [0.05, 0.1) is 12.3 Å². The van der Waals surface area contributed by atoms with Crippen molar-refractivity contribution in [1.82, 2.24) is 5.16 Å². The van der Waals surface area contributed by atoms with Crippen LogP contribution in [0.15, 0.2) is 53.1 Å². The molecule has 0 spiro atoms. The van der Waals surface area contributed by atoms with Crippen molar-refractivity contribution >= 4 is 22.6 Å². The molecule has 0 aliphatic heterocycles. The summed E-state index contributed by atoms with van der Waals surface area (Å²) in [4.78, 5) is 0. The van der Waals surface area contributed by atoms with Gasteiger partial charge >= 0.3 is 0 Å². The highest BCUT2D eigenvalue weighted by Crippen LogP contribution is 2.29. The molecule has 1 aromatic heterocycles. The van der Waals surface area contributed by atoms with Gasteiger partial charge in [-0.3, -0.25) is 0 Å². The monoisotopic (exact) mass is 391 g/mol. The van der Waals surface area contributed by atoms with Gasteiger partial charge in [0.2, 0.25) is 0 Å². The second kappa shape index (κ2) is 5.99. The number of aromatic nitrogens is 1. The van der Waals surface area contributed by atoms with Crippen molar-refractivity contribution in [3.05, 3.63) is 63.4 Å². The van der Waals surface area contributed by atoms with Crippen molar-refractivity contribution in [2.45, 2.75) is 13.5 Å². The molecule has 0 saturated heterocycles. The summed E-state index contributed by atoms with van der Waals surface area (Å²) in [6, 6.07) is 16.5. The number of rotatable bonds is 3. The molecule has 0 bridgehead atoms. The first-order valence-electron chi connectivity index (χ1n) is 6.61. The van der Waals surface area contributed by atoms with Gasteiger partial charge in [-0.05, 0) is 52.8 Å². The number of hydrogen-bond donors (Lipinski definition) is 1. The van der Waals surface area contributed by atoms with Crippen molar-refractivity contribution in [3.8, 4) is 22.5 Å². The van der Waals surface area contributed by atoms with Crippen LogP contribution in [0, 0.1) is 10.5 Å². The third-order valence-electron chi connectivity index (χ3n) is 3.47. The molecule has 2 aromatic carbocycles. The Morgan fingerprint density at radius 2 is 1.48 bits per heavy atom. The molecule has 21 heavy (non-hydrogen) atoms. The molecule has 0 amide bonds. The highest BCUT2D eigenvalue weighted by atomic mass is 127. The summed E-state index contributed by atoms with van der Waals surface area (Å²) < 4.78 is 6.54. The zero-order valence-electron chi connectivity index (χ0n) is 11.5. The molecule has 106 valence electrons. The lowest BCUT2D eigenvalue weighted by atomic mass is 10.0. The van der Waals surface area contributed by atoms with Crippen LogP contribution in [0.2, 0.25) is 0 Å². The van der Waals surface area contributed by atoms with Crippen LogP contribution >= 0.6 is 22.6 Å². The van der Waals surface area contributed by atoms with E-state index in [0.717, 1.165) is 22.4 Å². The fraction of sp³-hybridized carbons (Fsp3) is 0.118. The van der Waals surface area contributed by atoms with Crippen molar-refractivity contribution in [2.24, 2.45) is 0 Å². The molecule has 0 unspecified atom stereocenters. The fourth-order valence-corrected chi connectivity index (χ4v) is 2.62. The average molecular weight is 391 g/mol. The van der Waals surface area contributed by atoms with Crippen LogP contribution in [0.5, 0.6) is 0 Å². The normalized spacial score (nSPS) is 10.8. The number of nitrogens with zero attached hydrogens (tertiary/aromatic N) is 1. The van der Waals surface area contributed by atoms with E-state index in [1.807, 2.05) is 19.1 Å². The number of benzene rings is 2. The van der Waals surface area contributed by atoms with Gasteiger partial charge in [-0.15, -0.1) is 0 Å². The van der Waals surface area contributed by atoms with Gasteiger partial charge in [-0.1, -0.05) is 41.6 Å². The zero-order valence-corrected chi connectivity index (χ0v) is 13.7.